The highest BCUT2D eigenvalue weighted by Gasteiger charge is 2.25. The van der Waals surface area contributed by atoms with E-state index in [-0.39, 0.29) is 6.04 Å². The van der Waals surface area contributed by atoms with Gasteiger partial charge in [-0.25, -0.2) is 8.78 Å². The third-order valence-electron chi connectivity index (χ3n) is 4.26. The Morgan fingerprint density at radius 2 is 1.83 bits per heavy atom. The van der Waals surface area contributed by atoms with E-state index in [0.29, 0.717) is 11.8 Å². The first-order valence-corrected chi connectivity index (χ1v) is 6.82. The third-order valence-corrected chi connectivity index (χ3v) is 4.26. The Labute approximate surface area is 107 Å². The molecule has 1 saturated carbocycles. The SMILES string of the molecule is CCC(N)C1CCC(c2ccc(F)c(F)c2)CC1. The van der Waals surface area contributed by atoms with Crippen LogP contribution < -0.4 is 5.73 Å². The van der Waals surface area contributed by atoms with E-state index in [1.54, 1.807) is 6.07 Å². The summed E-state index contributed by atoms with van der Waals surface area (Å²) in [4.78, 5) is 0. The molecule has 1 aromatic carbocycles. The van der Waals surface area contributed by atoms with Crippen LogP contribution in [0, 0.1) is 17.6 Å². The summed E-state index contributed by atoms with van der Waals surface area (Å²) in [6.45, 7) is 2.12. The predicted octanol–water partition coefficient (Wildman–Crippen LogP) is 3.98. The minimum atomic E-state index is -0.763. The maximum Gasteiger partial charge on any atom is 0.159 e. The van der Waals surface area contributed by atoms with Gasteiger partial charge in [0, 0.05) is 6.04 Å². The van der Waals surface area contributed by atoms with Crippen molar-refractivity contribution < 1.29 is 8.78 Å². The van der Waals surface area contributed by atoms with Crippen LogP contribution in [0.1, 0.15) is 50.5 Å². The second-order valence-corrected chi connectivity index (χ2v) is 5.36. The Kier molecular flexibility index (Phi) is 4.33. The van der Waals surface area contributed by atoms with Crippen LogP contribution in [0.15, 0.2) is 18.2 Å². The van der Waals surface area contributed by atoms with Gasteiger partial charge in [-0.1, -0.05) is 13.0 Å². The molecule has 0 aliphatic heterocycles. The van der Waals surface area contributed by atoms with Gasteiger partial charge in [0.2, 0.25) is 0 Å². The molecule has 1 aromatic rings. The molecule has 0 amide bonds. The minimum Gasteiger partial charge on any atom is -0.327 e. The predicted molar refractivity (Wildman–Crippen MR) is 69.3 cm³/mol. The first-order valence-electron chi connectivity index (χ1n) is 6.82. The Hall–Kier alpha value is -0.960. The van der Waals surface area contributed by atoms with Crippen LogP contribution in [0.2, 0.25) is 0 Å². The van der Waals surface area contributed by atoms with Crippen LogP contribution >= 0.6 is 0 Å². The van der Waals surface area contributed by atoms with Gasteiger partial charge in [0.05, 0.1) is 0 Å². The van der Waals surface area contributed by atoms with Crippen molar-refractivity contribution in [1.82, 2.24) is 0 Å². The number of hydrogen-bond donors (Lipinski definition) is 1. The first kappa shape index (κ1) is 13.5. The van der Waals surface area contributed by atoms with E-state index in [2.05, 4.69) is 6.92 Å². The quantitative estimate of drug-likeness (QED) is 0.866. The van der Waals surface area contributed by atoms with Crippen molar-refractivity contribution in [2.24, 2.45) is 11.7 Å². The van der Waals surface area contributed by atoms with Crippen molar-refractivity contribution in [3.05, 3.63) is 35.4 Å². The summed E-state index contributed by atoms with van der Waals surface area (Å²) in [5.41, 5.74) is 6.99. The van der Waals surface area contributed by atoms with E-state index in [1.165, 1.54) is 12.1 Å². The Balaban J connectivity index is 1.99. The number of benzene rings is 1. The van der Waals surface area contributed by atoms with Crippen molar-refractivity contribution >= 4 is 0 Å². The van der Waals surface area contributed by atoms with Crippen LogP contribution in [-0.4, -0.2) is 6.04 Å². The van der Waals surface area contributed by atoms with E-state index in [1.807, 2.05) is 0 Å². The molecule has 1 nitrogen and oxygen atoms in total. The highest BCUT2D eigenvalue weighted by atomic mass is 19.2. The topological polar surface area (TPSA) is 26.0 Å². The Bertz CT molecular complexity index is 397. The zero-order valence-corrected chi connectivity index (χ0v) is 10.8. The molecule has 1 atom stereocenters. The average molecular weight is 253 g/mol. The van der Waals surface area contributed by atoms with E-state index < -0.39 is 11.6 Å². The van der Waals surface area contributed by atoms with E-state index in [9.17, 15) is 8.78 Å². The van der Waals surface area contributed by atoms with Crippen LogP contribution in [0.3, 0.4) is 0 Å². The second-order valence-electron chi connectivity index (χ2n) is 5.36. The van der Waals surface area contributed by atoms with Crippen molar-refractivity contribution in [2.75, 3.05) is 0 Å². The molecule has 2 rings (SSSR count). The Morgan fingerprint density at radius 3 is 2.39 bits per heavy atom. The number of halogens is 2. The highest BCUT2D eigenvalue weighted by Crippen LogP contribution is 2.37. The van der Waals surface area contributed by atoms with E-state index in [0.717, 1.165) is 37.7 Å². The fraction of sp³-hybridized carbons (Fsp3) is 0.600. The summed E-state index contributed by atoms with van der Waals surface area (Å²) in [5, 5.41) is 0. The third kappa shape index (κ3) is 2.89. The van der Waals surface area contributed by atoms with Gasteiger partial charge in [-0.3, -0.25) is 0 Å². The minimum absolute atomic E-state index is 0.288. The lowest BCUT2D eigenvalue weighted by molar-refractivity contribution is 0.277. The van der Waals surface area contributed by atoms with Gasteiger partial charge in [0.25, 0.3) is 0 Å². The summed E-state index contributed by atoms with van der Waals surface area (Å²) in [6, 6.07) is 4.58. The summed E-state index contributed by atoms with van der Waals surface area (Å²) >= 11 is 0. The number of nitrogens with two attached hydrogens (primary N) is 1. The van der Waals surface area contributed by atoms with Gasteiger partial charge in [-0.15, -0.1) is 0 Å². The molecule has 0 aromatic heterocycles. The summed E-state index contributed by atoms with van der Waals surface area (Å²) < 4.78 is 26.1. The van der Waals surface area contributed by atoms with E-state index in [4.69, 9.17) is 5.73 Å². The van der Waals surface area contributed by atoms with Gasteiger partial charge in [-0.2, -0.15) is 0 Å². The molecule has 1 unspecified atom stereocenters. The van der Waals surface area contributed by atoms with Crippen LogP contribution in [0.25, 0.3) is 0 Å². The van der Waals surface area contributed by atoms with Crippen LogP contribution in [-0.2, 0) is 0 Å². The van der Waals surface area contributed by atoms with Crippen LogP contribution in [0.4, 0.5) is 8.78 Å². The van der Waals surface area contributed by atoms with Crippen molar-refractivity contribution in [3.8, 4) is 0 Å². The van der Waals surface area contributed by atoms with Crippen molar-refractivity contribution in [1.29, 1.82) is 0 Å². The molecular formula is C15H21F2N. The monoisotopic (exact) mass is 253 g/mol. The molecule has 0 bridgehead atoms. The fourth-order valence-electron chi connectivity index (χ4n) is 2.98. The molecular weight excluding hydrogens is 232 g/mol. The zero-order valence-electron chi connectivity index (χ0n) is 10.8. The van der Waals surface area contributed by atoms with Crippen molar-refractivity contribution in [3.63, 3.8) is 0 Å². The largest absolute Gasteiger partial charge is 0.327 e. The maximum absolute atomic E-state index is 13.2. The van der Waals surface area contributed by atoms with Crippen LogP contribution in [0.5, 0.6) is 0 Å². The number of rotatable bonds is 3. The Morgan fingerprint density at radius 1 is 1.17 bits per heavy atom. The normalized spacial score (nSPS) is 26.0. The van der Waals surface area contributed by atoms with E-state index >= 15 is 0 Å². The molecule has 1 aliphatic rings. The molecule has 2 N–H and O–H groups in total. The fourth-order valence-corrected chi connectivity index (χ4v) is 2.98. The molecule has 18 heavy (non-hydrogen) atoms. The second kappa shape index (κ2) is 5.79. The molecule has 0 spiro atoms. The first-order chi connectivity index (χ1) is 8.61. The molecule has 1 fully saturated rings. The molecule has 3 heteroatoms. The van der Waals surface area contributed by atoms with Gasteiger partial charge >= 0.3 is 0 Å². The summed E-state index contributed by atoms with van der Waals surface area (Å²) in [7, 11) is 0. The molecule has 0 radical (unpaired) electrons. The lowest BCUT2D eigenvalue weighted by atomic mass is 9.75. The lowest BCUT2D eigenvalue weighted by Crippen LogP contribution is -2.32. The summed E-state index contributed by atoms with van der Waals surface area (Å²) in [6.07, 6.45) is 5.27. The highest BCUT2D eigenvalue weighted by molar-refractivity contribution is 5.22. The van der Waals surface area contributed by atoms with Gasteiger partial charge < -0.3 is 5.73 Å². The van der Waals surface area contributed by atoms with Crippen molar-refractivity contribution in [2.45, 2.75) is 51.0 Å². The van der Waals surface area contributed by atoms with Gasteiger partial charge in [0.15, 0.2) is 11.6 Å². The van der Waals surface area contributed by atoms with Gasteiger partial charge in [-0.05, 0) is 61.6 Å². The molecule has 0 heterocycles. The summed E-state index contributed by atoms with van der Waals surface area (Å²) in [5.74, 6) is -0.544. The smallest absolute Gasteiger partial charge is 0.159 e. The molecule has 1 aliphatic carbocycles. The average Bonchev–Trinajstić information content (AvgIpc) is 2.41. The standard InChI is InChI=1S/C15H21F2N/c1-2-15(18)11-5-3-10(4-6-11)12-7-8-13(16)14(17)9-12/h7-11,15H,2-6,18H2,1H3. The van der Waals surface area contributed by atoms with Gasteiger partial charge in [0.1, 0.15) is 0 Å². The maximum atomic E-state index is 13.2. The lowest BCUT2D eigenvalue weighted by Gasteiger charge is -2.32. The molecule has 0 saturated heterocycles. The molecule has 100 valence electrons. The zero-order chi connectivity index (χ0) is 13.1. The number of hydrogen-bond acceptors (Lipinski definition) is 1.